The van der Waals surface area contributed by atoms with E-state index < -0.39 is 23.5 Å². The lowest BCUT2D eigenvalue weighted by Crippen LogP contribution is -2.06. The Hall–Kier alpha value is -2.44. The number of hydrogen-bond donors (Lipinski definition) is 0. The number of esters is 1. The number of carbonyl (C=O) groups excluding carboxylic acids is 1. The fourth-order valence-electron chi connectivity index (χ4n) is 1.74. The van der Waals surface area contributed by atoms with Gasteiger partial charge in [-0.15, -0.1) is 0 Å². The maximum Gasteiger partial charge on any atom is 0.416 e. The molecule has 0 N–H and O–H groups in total. The van der Waals surface area contributed by atoms with Gasteiger partial charge in [-0.2, -0.15) is 13.2 Å². The van der Waals surface area contributed by atoms with E-state index in [1.165, 1.54) is 25.6 Å². The highest BCUT2D eigenvalue weighted by Crippen LogP contribution is 2.32. The Morgan fingerprint density at radius 2 is 1.90 bits per heavy atom. The highest BCUT2D eigenvalue weighted by atomic mass is 19.4. The largest absolute Gasteiger partial charge is 0.465 e. The van der Waals surface area contributed by atoms with Gasteiger partial charge in [0.1, 0.15) is 5.82 Å². The predicted molar refractivity (Wildman–Crippen MR) is 66.0 cm³/mol. The highest BCUT2D eigenvalue weighted by Gasteiger charge is 2.31. The van der Waals surface area contributed by atoms with Crippen molar-refractivity contribution in [3.63, 3.8) is 0 Å². The van der Waals surface area contributed by atoms with Crippen molar-refractivity contribution in [1.82, 2.24) is 4.98 Å². The lowest BCUT2D eigenvalue weighted by molar-refractivity contribution is -0.137. The SMILES string of the molecule is COC(=O)c1cncc(-c2ccc(C(F)(F)F)cc2F)c1. The first-order valence-electron chi connectivity index (χ1n) is 5.73. The van der Waals surface area contributed by atoms with Crippen molar-refractivity contribution < 1.29 is 27.1 Å². The van der Waals surface area contributed by atoms with Gasteiger partial charge in [0.2, 0.25) is 0 Å². The van der Waals surface area contributed by atoms with Crippen LogP contribution in [0.25, 0.3) is 11.1 Å². The van der Waals surface area contributed by atoms with Crippen LogP contribution in [-0.4, -0.2) is 18.1 Å². The minimum atomic E-state index is -4.62. The van der Waals surface area contributed by atoms with E-state index in [2.05, 4.69) is 9.72 Å². The first-order valence-corrected chi connectivity index (χ1v) is 5.73. The van der Waals surface area contributed by atoms with E-state index in [0.717, 1.165) is 12.1 Å². The molecule has 0 amide bonds. The third kappa shape index (κ3) is 3.18. The summed E-state index contributed by atoms with van der Waals surface area (Å²) < 4.78 is 55.8. The maximum atomic E-state index is 13.8. The standard InChI is InChI=1S/C14H9F4NO2/c1-21-13(20)9-4-8(6-19-7-9)11-3-2-10(5-12(11)15)14(16,17)18/h2-7H,1H3. The molecule has 1 heterocycles. The van der Waals surface area contributed by atoms with Crippen molar-refractivity contribution >= 4 is 5.97 Å². The predicted octanol–water partition coefficient (Wildman–Crippen LogP) is 3.69. The highest BCUT2D eigenvalue weighted by molar-refractivity contribution is 5.90. The van der Waals surface area contributed by atoms with Crippen LogP contribution in [-0.2, 0) is 10.9 Å². The van der Waals surface area contributed by atoms with Gasteiger partial charge in [-0.25, -0.2) is 9.18 Å². The second kappa shape index (κ2) is 5.51. The number of ether oxygens (including phenoxy) is 1. The molecule has 0 fully saturated rings. The lowest BCUT2D eigenvalue weighted by Gasteiger charge is -2.09. The summed E-state index contributed by atoms with van der Waals surface area (Å²) in [6, 6.07) is 3.46. The summed E-state index contributed by atoms with van der Waals surface area (Å²) in [5, 5.41) is 0. The third-order valence-corrected chi connectivity index (χ3v) is 2.77. The molecule has 0 saturated carbocycles. The number of methoxy groups -OCH3 is 1. The molecule has 1 aromatic heterocycles. The number of alkyl halides is 3. The van der Waals surface area contributed by atoms with Gasteiger partial charge in [-0.1, -0.05) is 6.07 Å². The molecule has 0 aliphatic carbocycles. The van der Waals surface area contributed by atoms with Crippen molar-refractivity contribution in [2.45, 2.75) is 6.18 Å². The fourth-order valence-corrected chi connectivity index (χ4v) is 1.74. The van der Waals surface area contributed by atoms with E-state index in [0.29, 0.717) is 6.07 Å². The van der Waals surface area contributed by atoms with Crippen LogP contribution in [0.15, 0.2) is 36.7 Å². The Kier molecular flexibility index (Phi) is 3.93. The number of hydrogen-bond acceptors (Lipinski definition) is 3. The number of benzene rings is 1. The van der Waals surface area contributed by atoms with Gasteiger partial charge in [0, 0.05) is 23.5 Å². The van der Waals surface area contributed by atoms with E-state index >= 15 is 0 Å². The van der Waals surface area contributed by atoms with Crippen LogP contribution in [0.4, 0.5) is 17.6 Å². The van der Waals surface area contributed by atoms with E-state index in [-0.39, 0.29) is 16.7 Å². The van der Waals surface area contributed by atoms with Crippen LogP contribution >= 0.6 is 0 Å². The molecule has 0 aliphatic heterocycles. The molecular weight excluding hydrogens is 290 g/mol. The summed E-state index contributed by atoms with van der Waals surface area (Å²) in [5.41, 5.74) is -0.902. The van der Waals surface area contributed by atoms with Crippen molar-refractivity contribution in [3.8, 4) is 11.1 Å². The molecule has 110 valence electrons. The summed E-state index contributed by atoms with van der Waals surface area (Å²) in [4.78, 5) is 15.1. The Labute approximate surface area is 117 Å². The van der Waals surface area contributed by atoms with Crippen LogP contribution in [0.1, 0.15) is 15.9 Å². The second-order valence-corrected chi connectivity index (χ2v) is 4.15. The summed E-state index contributed by atoms with van der Waals surface area (Å²) in [6.45, 7) is 0. The van der Waals surface area contributed by atoms with Gasteiger partial charge < -0.3 is 4.74 Å². The molecule has 21 heavy (non-hydrogen) atoms. The molecule has 0 radical (unpaired) electrons. The molecule has 3 nitrogen and oxygen atoms in total. The Morgan fingerprint density at radius 3 is 2.48 bits per heavy atom. The van der Waals surface area contributed by atoms with Crippen LogP contribution in [0, 0.1) is 5.82 Å². The molecule has 0 atom stereocenters. The van der Waals surface area contributed by atoms with Crippen LogP contribution in [0.2, 0.25) is 0 Å². The topological polar surface area (TPSA) is 39.2 Å². The van der Waals surface area contributed by atoms with E-state index in [1.807, 2.05) is 0 Å². The summed E-state index contributed by atoms with van der Waals surface area (Å²) in [7, 11) is 1.17. The van der Waals surface area contributed by atoms with E-state index in [1.54, 1.807) is 0 Å². The van der Waals surface area contributed by atoms with Crippen molar-refractivity contribution in [1.29, 1.82) is 0 Å². The zero-order valence-electron chi connectivity index (χ0n) is 10.7. The van der Waals surface area contributed by atoms with Crippen molar-refractivity contribution in [2.24, 2.45) is 0 Å². The van der Waals surface area contributed by atoms with E-state index in [4.69, 9.17) is 0 Å². The maximum absolute atomic E-state index is 13.8. The Morgan fingerprint density at radius 1 is 1.19 bits per heavy atom. The monoisotopic (exact) mass is 299 g/mol. The minimum Gasteiger partial charge on any atom is -0.465 e. The fraction of sp³-hybridized carbons (Fsp3) is 0.143. The normalized spacial score (nSPS) is 11.3. The van der Waals surface area contributed by atoms with Gasteiger partial charge >= 0.3 is 12.1 Å². The van der Waals surface area contributed by atoms with Crippen LogP contribution < -0.4 is 0 Å². The van der Waals surface area contributed by atoms with Crippen LogP contribution in [0.5, 0.6) is 0 Å². The van der Waals surface area contributed by atoms with Gasteiger partial charge in [-0.3, -0.25) is 4.98 Å². The molecule has 2 rings (SSSR count). The van der Waals surface area contributed by atoms with Gasteiger partial charge in [0.25, 0.3) is 0 Å². The van der Waals surface area contributed by atoms with Gasteiger partial charge in [0.15, 0.2) is 0 Å². The number of rotatable bonds is 2. The number of pyridine rings is 1. The molecular formula is C14H9F4NO2. The smallest absolute Gasteiger partial charge is 0.416 e. The number of carbonyl (C=O) groups is 1. The third-order valence-electron chi connectivity index (χ3n) is 2.77. The zero-order chi connectivity index (χ0) is 15.6. The first-order chi connectivity index (χ1) is 9.82. The first kappa shape index (κ1) is 15.0. The molecule has 0 aliphatic rings. The number of aromatic nitrogens is 1. The summed E-state index contributed by atoms with van der Waals surface area (Å²) >= 11 is 0. The second-order valence-electron chi connectivity index (χ2n) is 4.15. The zero-order valence-corrected chi connectivity index (χ0v) is 10.7. The molecule has 0 saturated heterocycles. The van der Waals surface area contributed by atoms with Crippen molar-refractivity contribution in [3.05, 3.63) is 53.6 Å². The molecule has 0 unspecified atom stereocenters. The number of nitrogens with zero attached hydrogens (tertiary/aromatic N) is 1. The molecule has 2 aromatic rings. The molecule has 1 aromatic carbocycles. The molecule has 7 heteroatoms. The summed E-state index contributed by atoms with van der Waals surface area (Å²) in [5.74, 6) is -1.72. The summed E-state index contributed by atoms with van der Waals surface area (Å²) in [6.07, 6.45) is -2.15. The average Bonchev–Trinajstić information content (AvgIpc) is 2.45. The number of halogens is 4. The Bertz CT molecular complexity index is 683. The van der Waals surface area contributed by atoms with Crippen molar-refractivity contribution in [2.75, 3.05) is 7.11 Å². The molecule has 0 bridgehead atoms. The van der Waals surface area contributed by atoms with Gasteiger partial charge in [-0.05, 0) is 18.2 Å². The quantitative estimate of drug-likeness (QED) is 0.627. The average molecular weight is 299 g/mol. The van der Waals surface area contributed by atoms with Crippen LogP contribution in [0.3, 0.4) is 0 Å². The Balaban J connectivity index is 2.46. The minimum absolute atomic E-state index is 0.0781. The molecule has 0 spiro atoms. The van der Waals surface area contributed by atoms with E-state index in [9.17, 15) is 22.4 Å². The lowest BCUT2D eigenvalue weighted by atomic mass is 10.0. The van der Waals surface area contributed by atoms with Gasteiger partial charge in [0.05, 0.1) is 18.2 Å².